The SMILES string of the molecule is CCOC(=O)c1c(-c2ccc(Cl)cc2)csc1NC(=O)c1ccc(O[C@@H](C)C(=O)Nc2cc(Cl)ccc2OC)cc1. The smallest absolute Gasteiger partial charge is 0.341 e. The Bertz CT molecular complexity index is 1550. The monoisotopic (exact) mass is 612 g/mol. The number of nitrogens with one attached hydrogen (secondary N) is 2. The van der Waals surface area contributed by atoms with E-state index >= 15 is 0 Å². The number of carbonyl (C=O) groups is 3. The molecule has 0 unspecified atom stereocenters. The van der Waals surface area contributed by atoms with E-state index in [-0.39, 0.29) is 12.2 Å². The molecular weight excluding hydrogens is 587 g/mol. The second kappa shape index (κ2) is 13.5. The van der Waals surface area contributed by atoms with Gasteiger partial charge in [-0.2, -0.15) is 0 Å². The number of hydrogen-bond donors (Lipinski definition) is 2. The molecule has 1 aromatic heterocycles. The summed E-state index contributed by atoms with van der Waals surface area (Å²) in [6.45, 7) is 3.50. The van der Waals surface area contributed by atoms with Gasteiger partial charge in [0.05, 0.1) is 19.4 Å². The summed E-state index contributed by atoms with van der Waals surface area (Å²) in [6.07, 6.45) is -0.858. The van der Waals surface area contributed by atoms with Gasteiger partial charge < -0.3 is 24.8 Å². The molecule has 41 heavy (non-hydrogen) atoms. The minimum absolute atomic E-state index is 0.187. The first-order chi connectivity index (χ1) is 19.7. The topological polar surface area (TPSA) is 103 Å². The molecule has 4 aromatic rings. The fourth-order valence-electron chi connectivity index (χ4n) is 3.83. The summed E-state index contributed by atoms with van der Waals surface area (Å²) >= 11 is 13.3. The van der Waals surface area contributed by atoms with Crippen molar-refractivity contribution in [2.45, 2.75) is 20.0 Å². The molecule has 0 aliphatic heterocycles. The normalized spacial score (nSPS) is 11.3. The molecule has 4 rings (SSSR count). The van der Waals surface area contributed by atoms with Gasteiger partial charge in [0.1, 0.15) is 22.1 Å². The van der Waals surface area contributed by atoms with Crippen molar-refractivity contribution in [2.75, 3.05) is 24.4 Å². The van der Waals surface area contributed by atoms with Gasteiger partial charge >= 0.3 is 5.97 Å². The van der Waals surface area contributed by atoms with Crippen molar-refractivity contribution in [3.63, 3.8) is 0 Å². The number of esters is 1. The van der Waals surface area contributed by atoms with E-state index in [1.54, 1.807) is 86.0 Å². The van der Waals surface area contributed by atoms with Crippen LogP contribution < -0.4 is 20.1 Å². The van der Waals surface area contributed by atoms with Crippen LogP contribution in [0.25, 0.3) is 11.1 Å². The second-order valence-electron chi connectivity index (χ2n) is 8.65. The summed E-state index contributed by atoms with van der Waals surface area (Å²) in [5.41, 5.74) is 2.41. The number of rotatable bonds is 10. The van der Waals surface area contributed by atoms with Crippen LogP contribution in [0.15, 0.2) is 72.1 Å². The Kier molecular flexibility index (Phi) is 9.88. The van der Waals surface area contributed by atoms with Gasteiger partial charge in [-0.05, 0) is 74.0 Å². The number of hydrogen-bond acceptors (Lipinski definition) is 7. The maximum atomic E-state index is 13.1. The summed E-state index contributed by atoms with van der Waals surface area (Å²) in [5, 5.41) is 8.71. The van der Waals surface area contributed by atoms with Crippen LogP contribution >= 0.6 is 34.5 Å². The largest absolute Gasteiger partial charge is 0.495 e. The third-order valence-corrected chi connectivity index (χ3v) is 7.25. The first kappa shape index (κ1) is 29.9. The van der Waals surface area contributed by atoms with Crippen molar-refractivity contribution in [3.8, 4) is 22.6 Å². The van der Waals surface area contributed by atoms with Crippen LogP contribution in [-0.4, -0.2) is 37.6 Å². The van der Waals surface area contributed by atoms with Gasteiger partial charge in [0.15, 0.2) is 6.10 Å². The summed E-state index contributed by atoms with van der Waals surface area (Å²) < 4.78 is 16.3. The number of benzene rings is 3. The number of methoxy groups -OCH3 is 1. The Hall–Kier alpha value is -4.05. The fourth-order valence-corrected chi connectivity index (χ4v) is 5.08. The molecule has 0 radical (unpaired) electrons. The Labute approximate surface area is 251 Å². The molecular formula is C30H26Cl2N2O6S. The number of ether oxygens (including phenoxy) is 3. The minimum Gasteiger partial charge on any atom is -0.495 e. The zero-order chi connectivity index (χ0) is 29.5. The molecule has 11 heteroatoms. The number of carbonyl (C=O) groups excluding carboxylic acids is 3. The number of halogens is 2. The molecule has 1 heterocycles. The highest BCUT2D eigenvalue weighted by molar-refractivity contribution is 7.15. The molecule has 1 atom stereocenters. The van der Waals surface area contributed by atoms with E-state index in [0.717, 1.165) is 5.56 Å². The fraction of sp³-hybridized carbons (Fsp3) is 0.167. The molecule has 8 nitrogen and oxygen atoms in total. The van der Waals surface area contributed by atoms with Gasteiger partial charge in [-0.1, -0.05) is 35.3 Å². The van der Waals surface area contributed by atoms with Crippen LogP contribution in [0, 0.1) is 0 Å². The van der Waals surface area contributed by atoms with E-state index in [0.29, 0.717) is 43.4 Å². The second-order valence-corrected chi connectivity index (χ2v) is 10.4. The van der Waals surface area contributed by atoms with E-state index < -0.39 is 23.9 Å². The van der Waals surface area contributed by atoms with Gasteiger partial charge in [-0.25, -0.2) is 4.79 Å². The lowest BCUT2D eigenvalue weighted by atomic mass is 10.0. The van der Waals surface area contributed by atoms with E-state index in [2.05, 4.69) is 10.6 Å². The van der Waals surface area contributed by atoms with Crippen LogP contribution in [-0.2, 0) is 9.53 Å². The molecule has 212 valence electrons. The summed E-state index contributed by atoms with van der Waals surface area (Å²) in [5.74, 6) is -0.531. The van der Waals surface area contributed by atoms with Crippen LogP contribution in [0.4, 0.5) is 10.7 Å². The maximum absolute atomic E-state index is 13.1. The molecule has 3 aromatic carbocycles. The maximum Gasteiger partial charge on any atom is 0.341 e. The highest BCUT2D eigenvalue weighted by Gasteiger charge is 2.23. The quantitative estimate of drug-likeness (QED) is 0.179. The summed E-state index contributed by atoms with van der Waals surface area (Å²) in [4.78, 5) is 38.6. The summed E-state index contributed by atoms with van der Waals surface area (Å²) in [6, 6.07) is 18.2. The van der Waals surface area contributed by atoms with Gasteiger partial charge in [-0.3, -0.25) is 9.59 Å². The molecule has 0 saturated carbocycles. The molecule has 0 aliphatic rings. The van der Waals surface area contributed by atoms with Crippen molar-refractivity contribution in [1.29, 1.82) is 0 Å². The first-order valence-electron chi connectivity index (χ1n) is 12.5. The average molecular weight is 614 g/mol. The lowest BCUT2D eigenvalue weighted by molar-refractivity contribution is -0.122. The van der Waals surface area contributed by atoms with Crippen molar-refractivity contribution in [1.82, 2.24) is 0 Å². The predicted octanol–water partition coefficient (Wildman–Crippen LogP) is 7.57. The van der Waals surface area contributed by atoms with Crippen LogP contribution in [0.1, 0.15) is 34.6 Å². The minimum atomic E-state index is -0.858. The molecule has 0 fully saturated rings. The number of anilines is 2. The highest BCUT2D eigenvalue weighted by Crippen LogP contribution is 2.37. The summed E-state index contributed by atoms with van der Waals surface area (Å²) in [7, 11) is 1.49. The van der Waals surface area contributed by atoms with E-state index in [9.17, 15) is 14.4 Å². The van der Waals surface area contributed by atoms with Gasteiger partial charge in [0, 0.05) is 26.6 Å². The van der Waals surface area contributed by atoms with Gasteiger partial charge in [-0.15, -0.1) is 11.3 Å². The van der Waals surface area contributed by atoms with Gasteiger partial charge in [0.25, 0.3) is 11.8 Å². The molecule has 0 spiro atoms. The Morgan fingerprint density at radius 1 is 0.927 bits per heavy atom. The zero-order valence-corrected chi connectivity index (χ0v) is 24.7. The van der Waals surface area contributed by atoms with Crippen molar-refractivity contribution < 1.29 is 28.6 Å². The number of amides is 2. The Morgan fingerprint density at radius 3 is 2.27 bits per heavy atom. The van der Waals surface area contributed by atoms with Crippen molar-refractivity contribution >= 4 is 63.0 Å². The zero-order valence-electron chi connectivity index (χ0n) is 22.3. The van der Waals surface area contributed by atoms with Gasteiger partial charge in [0.2, 0.25) is 0 Å². The average Bonchev–Trinajstić information content (AvgIpc) is 3.37. The molecule has 0 bridgehead atoms. The van der Waals surface area contributed by atoms with Crippen LogP contribution in [0.3, 0.4) is 0 Å². The first-order valence-corrected chi connectivity index (χ1v) is 14.1. The third-order valence-electron chi connectivity index (χ3n) is 5.87. The van der Waals surface area contributed by atoms with E-state index in [1.165, 1.54) is 18.4 Å². The molecule has 0 saturated heterocycles. The highest BCUT2D eigenvalue weighted by atomic mass is 35.5. The third kappa shape index (κ3) is 7.38. The molecule has 0 aliphatic carbocycles. The van der Waals surface area contributed by atoms with E-state index in [4.69, 9.17) is 37.4 Å². The van der Waals surface area contributed by atoms with Crippen molar-refractivity contribution in [2.24, 2.45) is 0 Å². The number of thiophene rings is 1. The standard InChI is InChI=1S/C30H26Cl2N2O6S/c1-4-39-30(37)26-23(18-5-9-20(31)10-6-18)16-41-29(26)34-28(36)19-7-12-22(13-8-19)40-17(2)27(35)33-24-15-21(32)11-14-25(24)38-3/h5-17H,4H2,1-3H3,(H,33,35)(H,34,36)/t17-/m0/s1. The van der Waals surface area contributed by atoms with Crippen molar-refractivity contribution in [3.05, 3.63) is 93.3 Å². The lowest BCUT2D eigenvalue weighted by Crippen LogP contribution is -2.30. The van der Waals surface area contributed by atoms with E-state index in [1.807, 2.05) is 0 Å². The van der Waals surface area contributed by atoms with Crippen LogP contribution in [0.2, 0.25) is 10.0 Å². The van der Waals surface area contributed by atoms with Crippen LogP contribution in [0.5, 0.6) is 11.5 Å². The predicted molar refractivity (Wildman–Crippen MR) is 162 cm³/mol. The molecule has 2 amide bonds. The lowest BCUT2D eigenvalue weighted by Gasteiger charge is -2.16. The molecule has 2 N–H and O–H groups in total. The Balaban J connectivity index is 1.45. The Morgan fingerprint density at radius 2 is 1.61 bits per heavy atom.